The minimum absolute atomic E-state index is 0. The second kappa shape index (κ2) is 16.1. The van der Waals surface area contributed by atoms with Crippen molar-refractivity contribution < 1.29 is 39.5 Å². The summed E-state index contributed by atoms with van der Waals surface area (Å²) in [4.78, 5) is 10.1. The molecule has 0 aliphatic carbocycles. The van der Waals surface area contributed by atoms with Crippen molar-refractivity contribution in [3.8, 4) is 24.2 Å². The van der Waals surface area contributed by atoms with Crippen LogP contribution in [0.15, 0.2) is 24.3 Å². The molecule has 0 spiro atoms. The number of carbonyl (C=O) groups is 1. The first-order chi connectivity index (χ1) is 8.27. The third-order valence-electron chi connectivity index (χ3n) is 1.92. The van der Waals surface area contributed by atoms with Crippen LogP contribution in [0, 0.1) is 24.2 Å². The van der Waals surface area contributed by atoms with Gasteiger partial charge in [0.25, 0.3) is 0 Å². The van der Waals surface area contributed by atoms with Crippen molar-refractivity contribution in [1.82, 2.24) is 0 Å². The first-order valence-electron chi connectivity index (χ1n) is 5.70. The largest absolute Gasteiger partial charge is 1.00 e. The van der Waals surface area contributed by atoms with Crippen LogP contribution < -0.4 is 34.7 Å². The Morgan fingerprint density at radius 2 is 2.00 bits per heavy atom. The van der Waals surface area contributed by atoms with Crippen molar-refractivity contribution in [3.63, 3.8) is 0 Å². The standard InChI is InChI=1S/C15H18O2.Na/c1-2-3-4-5-6-7-8-9-10-11-12-13-14-15(16)17;/h1,5-8H,3-4,11-14H2,(H,16,17);/q;+1/p-1/b6-5-,8-7+;. The van der Waals surface area contributed by atoms with Gasteiger partial charge in [-0.05, 0) is 31.8 Å². The Hall–Kier alpha value is -0.930. The summed E-state index contributed by atoms with van der Waals surface area (Å²) in [5.74, 6) is 7.39. The number of carboxylic acid groups (broad SMARTS) is 1. The van der Waals surface area contributed by atoms with Crippen LogP contribution >= 0.6 is 0 Å². The molecular formula is C15H17NaO2. The fourth-order valence-electron chi connectivity index (χ4n) is 1.06. The molecule has 18 heavy (non-hydrogen) atoms. The number of allylic oxidation sites excluding steroid dienone is 4. The number of hydrogen-bond acceptors (Lipinski definition) is 2. The Morgan fingerprint density at radius 3 is 2.67 bits per heavy atom. The second-order valence-electron chi connectivity index (χ2n) is 3.43. The van der Waals surface area contributed by atoms with E-state index in [1.54, 1.807) is 6.08 Å². The molecular weight excluding hydrogens is 235 g/mol. The molecule has 0 amide bonds. The predicted octanol–water partition coefficient (Wildman–Crippen LogP) is -1.17. The van der Waals surface area contributed by atoms with Gasteiger partial charge in [0.05, 0.1) is 0 Å². The van der Waals surface area contributed by atoms with Gasteiger partial charge in [-0.25, -0.2) is 0 Å². The molecule has 90 valence electrons. The van der Waals surface area contributed by atoms with Crippen LogP contribution in [0.5, 0.6) is 0 Å². The molecule has 0 N–H and O–H groups in total. The molecule has 0 unspecified atom stereocenters. The third kappa shape index (κ3) is 17.5. The normalized spacial score (nSPS) is 9.50. The van der Waals surface area contributed by atoms with Gasteiger partial charge < -0.3 is 9.90 Å². The van der Waals surface area contributed by atoms with E-state index in [0.29, 0.717) is 6.42 Å². The Balaban J connectivity index is 0. The summed E-state index contributed by atoms with van der Waals surface area (Å²) in [5.41, 5.74) is 0. The number of aliphatic carboxylic acids is 1. The Morgan fingerprint density at radius 1 is 1.22 bits per heavy atom. The average Bonchev–Trinajstić information content (AvgIpc) is 2.30. The van der Waals surface area contributed by atoms with E-state index < -0.39 is 5.97 Å². The summed E-state index contributed by atoms with van der Waals surface area (Å²) in [6.45, 7) is 0. The van der Waals surface area contributed by atoms with Gasteiger partial charge in [0.2, 0.25) is 0 Å². The molecule has 0 aromatic rings. The van der Waals surface area contributed by atoms with E-state index >= 15 is 0 Å². The maximum absolute atomic E-state index is 10.1. The first-order valence-corrected chi connectivity index (χ1v) is 5.70. The summed E-state index contributed by atoms with van der Waals surface area (Å²) < 4.78 is 0. The van der Waals surface area contributed by atoms with Crippen molar-refractivity contribution in [2.45, 2.75) is 38.5 Å². The van der Waals surface area contributed by atoms with Gasteiger partial charge in [-0.2, -0.15) is 0 Å². The van der Waals surface area contributed by atoms with Crippen LogP contribution in [0.2, 0.25) is 0 Å². The van der Waals surface area contributed by atoms with Crippen molar-refractivity contribution in [2.24, 2.45) is 0 Å². The van der Waals surface area contributed by atoms with Gasteiger partial charge in [0.15, 0.2) is 0 Å². The van der Waals surface area contributed by atoms with E-state index in [1.807, 2.05) is 18.2 Å². The molecule has 3 heteroatoms. The minimum atomic E-state index is -0.991. The fourth-order valence-corrected chi connectivity index (χ4v) is 1.06. The quantitative estimate of drug-likeness (QED) is 0.248. The van der Waals surface area contributed by atoms with E-state index in [4.69, 9.17) is 6.42 Å². The van der Waals surface area contributed by atoms with Gasteiger partial charge >= 0.3 is 29.6 Å². The zero-order chi connectivity index (χ0) is 12.8. The van der Waals surface area contributed by atoms with E-state index in [1.165, 1.54) is 0 Å². The molecule has 0 fully saturated rings. The van der Waals surface area contributed by atoms with Crippen molar-refractivity contribution >= 4 is 5.97 Å². The number of hydrogen-bond donors (Lipinski definition) is 0. The smallest absolute Gasteiger partial charge is 0.550 e. The van der Waals surface area contributed by atoms with Crippen LogP contribution in [-0.4, -0.2) is 5.97 Å². The number of unbranched alkanes of at least 4 members (excludes halogenated alkanes) is 3. The van der Waals surface area contributed by atoms with Crippen molar-refractivity contribution in [1.29, 1.82) is 0 Å². The van der Waals surface area contributed by atoms with Gasteiger partial charge in [0, 0.05) is 18.8 Å². The van der Waals surface area contributed by atoms with Crippen molar-refractivity contribution in [3.05, 3.63) is 24.3 Å². The van der Waals surface area contributed by atoms with Crippen LogP contribution in [0.4, 0.5) is 0 Å². The SMILES string of the molecule is C#CCC/C=C\C=C\C#CCCCCC(=O)[O-].[Na+]. The van der Waals surface area contributed by atoms with Gasteiger partial charge in [-0.1, -0.05) is 30.1 Å². The van der Waals surface area contributed by atoms with Gasteiger partial charge in [-0.15, -0.1) is 12.3 Å². The zero-order valence-corrected chi connectivity index (χ0v) is 12.9. The van der Waals surface area contributed by atoms with Crippen LogP contribution in [0.1, 0.15) is 38.5 Å². The van der Waals surface area contributed by atoms with Crippen molar-refractivity contribution in [2.75, 3.05) is 0 Å². The number of rotatable bonds is 7. The molecule has 0 saturated heterocycles. The molecule has 0 atom stereocenters. The minimum Gasteiger partial charge on any atom is -0.550 e. The summed E-state index contributed by atoms with van der Waals surface area (Å²) in [5, 5.41) is 10.1. The Kier molecular flexibility index (Phi) is 17.3. The second-order valence-corrected chi connectivity index (χ2v) is 3.43. The summed E-state index contributed by atoms with van der Waals surface area (Å²) in [6, 6.07) is 0. The van der Waals surface area contributed by atoms with Crippen LogP contribution in [0.25, 0.3) is 0 Å². The number of terminal acetylenes is 1. The molecule has 0 aliphatic heterocycles. The molecule has 0 saturated carbocycles. The molecule has 0 aromatic heterocycles. The Labute approximate surface area is 132 Å². The van der Waals surface area contributed by atoms with Crippen LogP contribution in [-0.2, 0) is 4.79 Å². The summed E-state index contributed by atoms with van der Waals surface area (Å²) in [7, 11) is 0. The summed E-state index contributed by atoms with van der Waals surface area (Å²) >= 11 is 0. The molecule has 0 radical (unpaired) electrons. The van der Waals surface area contributed by atoms with E-state index in [9.17, 15) is 9.90 Å². The predicted molar refractivity (Wildman–Crippen MR) is 67.6 cm³/mol. The van der Waals surface area contributed by atoms with Gasteiger partial charge in [-0.3, -0.25) is 0 Å². The summed E-state index contributed by atoms with van der Waals surface area (Å²) in [6.07, 6.45) is 16.6. The maximum Gasteiger partial charge on any atom is 1.00 e. The Bertz CT molecular complexity index is 364. The number of carboxylic acids is 1. The fraction of sp³-hybridized carbons (Fsp3) is 0.400. The molecule has 0 aliphatic rings. The van der Waals surface area contributed by atoms with Gasteiger partial charge in [0.1, 0.15) is 0 Å². The monoisotopic (exact) mass is 252 g/mol. The molecule has 2 nitrogen and oxygen atoms in total. The van der Waals surface area contributed by atoms with E-state index in [0.717, 1.165) is 25.7 Å². The van der Waals surface area contributed by atoms with E-state index in [-0.39, 0.29) is 36.0 Å². The molecule has 0 heterocycles. The molecule has 0 bridgehead atoms. The van der Waals surface area contributed by atoms with Crippen LogP contribution in [0.3, 0.4) is 0 Å². The first kappa shape index (κ1) is 19.4. The molecule has 0 rings (SSSR count). The third-order valence-corrected chi connectivity index (χ3v) is 1.92. The zero-order valence-electron chi connectivity index (χ0n) is 10.9. The molecule has 0 aromatic carbocycles. The topological polar surface area (TPSA) is 40.1 Å². The number of carbonyl (C=O) groups excluding carboxylic acids is 1. The maximum atomic E-state index is 10.1. The average molecular weight is 252 g/mol. The van der Waals surface area contributed by atoms with E-state index in [2.05, 4.69) is 17.8 Å².